The van der Waals surface area contributed by atoms with E-state index in [1.807, 2.05) is 39.0 Å². The number of anilines is 1. The van der Waals surface area contributed by atoms with E-state index >= 15 is 0 Å². The van der Waals surface area contributed by atoms with E-state index in [4.69, 9.17) is 4.74 Å². The zero-order chi connectivity index (χ0) is 17.2. The number of carbonyl (C=O) groups is 2. The molecule has 23 heavy (non-hydrogen) atoms. The summed E-state index contributed by atoms with van der Waals surface area (Å²) in [6.07, 6.45) is 0. The van der Waals surface area contributed by atoms with Crippen molar-refractivity contribution in [1.82, 2.24) is 10.2 Å². The third kappa shape index (κ3) is 6.80. The van der Waals surface area contributed by atoms with Crippen LogP contribution in [0.5, 0.6) is 0 Å². The van der Waals surface area contributed by atoms with Gasteiger partial charge in [0.1, 0.15) is 0 Å². The molecule has 0 fully saturated rings. The second kappa shape index (κ2) is 9.97. The van der Waals surface area contributed by atoms with E-state index in [1.54, 1.807) is 12.0 Å². The van der Waals surface area contributed by atoms with Crippen LogP contribution >= 0.6 is 0 Å². The van der Waals surface area contributed by atoms with Gasteiger partial charge in [0.2, 0.25) is 11.8 Å². The van der Waals surface area contributed by atoms with E-state index in [-0.39, 0.29) is 24.9 Å². The Morgan fingerprint density at radius 3 is 2.52 bits per heavy atom. The summed E-state index contributed by atoms with van der Waals surface area (Å²) in [5.41, 5.74) is 2.98. The molecule has 0 heterocycles. The Balaban J connectivity index is 2.64. The minimum absolute atomic E-state index is 0.0943. The Bertz CT molecular complexity index is 532. The standard InChI is InChI=1S/C17H27N3O3/c1-5-18-16(21)11-20(9-10-23-4)12-17(22)19-15-8-6-7-13(2)14(15)3/h6-8H,5,9-12H2,1-4H3,(H,18,21)(H,19,22). The van der Waals surface area contributed by atoms with Crippen LogP contribution in [0.3, 0.4) is 0 Å². The fourth-order valence-corrected chi connectivity index (χ4v) is 2.17. The molecule has 1 aromatic rings. The van der Waals surface area contributed by atoms with Gasteiger partial charge in [0.25, 0.3) is 0 Å². The van der Waals surface area contributed by atoms with Gasteiger partial charge in [0.15, 0.2) is 0 Å². The zero-order valence-corrected chi connectivity index (χ0v) is 14.4. The number of nitrogens with zero attached hydrogens (tertiary/aromatic N) is 1. The smallest absolute Gasteiger partial charge is 0.238 e. The first-order valence-corrected chi connectivity index (χ1v) is 7.82. The van der Waals surface area contributed by atoms with E-state index < -0.39 is 0 Å². The monoisotopic (exact) mass is 321 g/mol. The first-order chi connectivity index (χ1) is 11.0. The van der Waals surface area contributed by atoms with Crippen LogP contribution in [0.4, 0.5) is 5.69 Å². The summed E-state index contributed by atoms with van der Waals surface area (Å²) in [6.45, 7) is 7.73. The van der Waals surface area contributed by atoms with Crippen molar-refractivity contribution in [2.45, 2.75) is 20.8 Å². The topological polar surface area (TPSA) is 70.7 Å². The molecule has 1 aromatic carbocycles. The van der Waals surface area contributed by atoms with Crippen molar-refractivity contribution in [3.8, 4) is 0 Å². The van der Waals surface area contributed by atoms with E-state index in [0.29, 0.717) is 19.7 Å². The third-order valence-electron chi connectivity index (χ3n) is 3.60. The highest BCUT2D eigenvalue weighted by Crippen LogP contribution is 2.17. The molecule has 2 amide bonds. The molecule has 0 saturated carbocycles. The molecule has 6 nitrogen and oxygen atoms in total. The van der Waals surface area contributed by atoms with Crippen molar-refractivity contribution < 1.29 is 14.3 Å². The number of hydrogen-bond donors (Lipinski definition) is 2. The summed E-state index contributed by atoms with van der Waals surface area (Å²) < 4.78 is 5.04. The first kappa shape index (κ1) is 19.1. The number of likely N-dealkylation sites (N-methyl/N-ethyl adjacent to an activating group) is 1. The first-order valence-electron chi connectivity index (χ1n) is 7.82. The highest BCUT2D eigenvalue weighted by molar-refractivity contribution is 5.93. The zero-order valence-electron chi connectivity index (χ0n) is 14.4. The fourth-order valence-electron chi connectivity index (χ4n) is 2.17. The van der Waals surface area contributed by atoms with Crippen LogP contribution in [0.1, 0.15) is 18.1 Å². The largest absolute Gasteiger partial charge is 0.383 e. The number of rotatable bonds is 9. The van der Waals surface area contributed by atoms with E-state index in [1.165, 1.54) is 0 Å². The average molecular weight is 321 g/mol. The predicted molar refractivity (Wildman–Crippen MR) is 91.5 cm³/mol. The minimum atomic E-state index is -0.140. The van der Waals surface area contributed by atoms with Crippen LogP contribution in [0.25, 0.3) is 0 Å². The van der Waals surface area contributed by atoms with Crippen molar-refractivity contribution in [3.05, 3.63) is 29.3 Å². The molecule has 0 aliphatic carbocycles. The molecule has 0 atom stereocenters. The number of carbonyl (C=O) groups excluding carboxylic acids is 2. The summed E-state index contributed by atoms with van der Waals surface area (Å²) in [5.74, 6) is -0.234. The van der Waals surface area contributed by atoms with Crippen molar-refractivity contribution in [2.24, 2.45) is 0 Å². The van der Waals surface area contributed by atoms with Gasteiger partial charge < -0.3 is 15.4 Å². The molecule has 0 radical (unpaired) electrons. The van der Waals surface area contributed by atoms with Gasteiger partial charge in [-0.2, -0.15) is 0 Å². The molecule has 0 spiro atoms. The Morgan fingerprint density at radius 1 is 1.17 bits per heavy atom. The molecule has 2 N–H and O–H groups in total. The minimum Gasteiger partial charge on any atom is -0.383 e. The number of amides is 2. The number of aryl methyl sites for hydroxylation is 1. The van der Waals surface area contributed by atoms with Crippen LogP contribution in [-0.2, 0) is 14.3 Å². The molecule has 128 valence electrons. The molecule has 0 unspecified atom stereocenters. The Morgan fingerprint density at radius 2 is 1.87 bits per heavy atom. The average Bonchev–Trinajstić information content (AvgIpc) is 2.49. The number of nitrogens with one attached hydrogen (secondary N) is 2. The Kier molecular flexibility index (Phi) is 8.29. The summed E-state index contributed by atoms with van der Waals surface area (Å²) in [7, 11) is 1.60. The second-order valence-corrected chi connectivity index (χ2v) is 5.45. The lowest BCUT2D eigenvalue weighted by atomic mass is 10.1. The summed E-state index contributed by atoms with van der Waals surface area (Å²) >= 11 is 0. The molecule has 6 heteroatoms. The van der Waals surface area contributed by atoms with Gasteiger partial charge >= 0.3 is 0 Å². The molecular formula is C17H27N3O3. The van der Waals surface area contributed by atoms with Gasteiger partial charge in [-0.3, -0.25) is 14.5 Å². The van der Waals surface area contributed by atoms with E-state index in [9.17, 15) is 9.59 Å². The highest BCUT2D eigenvalue weighted by atomic mass is 16.5. The normalized spacial score (nSPS) is 10.7. The number of hydrogen-bond acceptors (Lipinski definition) is 4. The van der Waals surface area contributed by atoms with Gasteiger partial charge in [0, 0.05) is 25.9 Å². The van der Waals surface area contributed by atoms with Crippen molar-refractivity contribution in [1.29, 1.82) is 0 Å². The summed E-state index contributed by atoms with van der Waals surface area (Å²) in [4.78, 5) is 25.8. The SMILES string of the molecule is CCNC(=O)CN(CCOC)CC(=O)Nc1cccc(C)c1C. The lowest BCUT2D eigenvalue weighted by Gasteiger charge is -2.21. The number of methoxy groups -OCH3 is 1. The van der Waals surface area contributed by atoms with E-state index in [2.05, 4.69) is 10.6 Å². The predicted octanol–water partition coefficient (Wildman–Crippen LogP) is 1.33. The second-order valence-electron chi connectivity index (χ2n) is 5.45. The van der Waals surface area contributed by atoms with E-state index in [0.717, 1.165) is 16.8 Å². The van der Waals surface area contributed by atoms with Crippen LogP contribution in [0.15, 0.2) is 18.2 Å². The maximum absolute atomic E-state index is 12.3. The van der Waals surface area contributed by atoms with Crippen molar-refractivity contribution in [3.63, 3.8) is 0 Å². The number of ether oxygens (including phenoxy) is 1. The Labute approximate surface area is 138 Å². The lowest BCUT2D eigenvalue weighted by Crippen LogP contribution is -2.42. The van der Waals surface area contributed by atoms with Gasteiger partial charge in [-0.25, -0.2) is 0 Å². The molecule has 0 bridgehead atoms. The van der Waals surface area contributed by atoms with Crippen LogP contribution < -0.4 is 10.6 Å². The van der Waals surface area contributed by atoms with Gasteiger partial charge in [0.05, 0.1) is 19.7 Å². The number of benzene rings is 1. The van der Waals surface area contributed by atoms with Gasteiger partial charge in [-0.15, -0.1) is 0 Å². The quantitative estimate of drug-likeness (QED) is 0.720. The fraction of sp³-hybridized carbons (Fsp3) is 0.529. The lowest BCUT2D eigenvalue weighted by molar-refractivity contribution is -0.123. The Hall–Kier alpha value is -1.92. The van der Waals surface area contributed by atoms with Crippen LogP contribution in [0.2, 0.25) is 0 Å². The van der Waals surface area contributed by atoms with Crippen molar-refractivity contribution in [2.75, 3.05) is 45.2 Å². The molecule has 0 aromatic heterocycles. The van der Waals surface area contributed by atoms with Gasteiger partial charge in [-0.1, -0.05) is 12.1 Å². The molecule has 0 saturated heterocycles. The molecule has 0 aliphatic rings. The van der Waals surface area contributed by atoms with Crippen molar-refractivity contribution >= 4 is 17.5 Å². The highest BCUT2D eigenvalue weighted by Gasteiger charge is 2.15. The van der Waals surface area contributed by atoms with Gasteiger partial charge in [-0.05, 0) is 38.0 Å². The molecule has 1 rings (SSSR count). The molecular weight excluding hydrogens is 294 g/mol. The third-order valence-corrected chi connectivity index (χ3v) is 3.60. The summed E-state index contributed by atoms with van der Waals surface area (Å²) in [6, 6.07) is 5.80. The maximum Gasteiger partial charge on any atom is 0.238 e. The summed E-state index contributed by atoms with van der Waals surface area (Å²) in [5, 5.41) is 5.65. The van der Waals surface area contributed by atoms with Crippen LogP contribution in [-0.4, -0.2) is 56.6 Å². The molecule has 0 aliphatic heterocycles. The maximum atomic E-state index is 12.3. The van der Waals surface area contributed by atoms with Crippen LogP contribution in [0, 0.1) is 13.8 Å².